The van der Waals surface area contributed by atoms with Crippen LogP contribution in [0.1, 0.15) is 122 Å². The molecule has 0 atom stereocenters. The molecular weight excluding hydrogens is 1070 g/mol. The highest BCUT2D eigenvalue weighted by Crippen LogP contribution is 2.42. The van der Waals surface area contributed by atoms with Crippen molar-refractivity contribution < 1.29 is 100 Å². The fourth-order valence-corrected chi connectivity index (χ4v) is 6.74. The molecule has 0 unspecified atom stereocenters. The van der Waals surface area contributed by atoms with Crippen LogP contribution >= 0.6 is 11.6 Å². The number of aryl methyl sites for hydroxylation is 4. The van der Waals surface area contributed by atoms with E-state index in [1.165, 1.54) is 49.6 Å². The van der Waals surface area contributed by atoms with Crippen molar-refractivity contribution in [3.63, 3.8) is 0 Å². The number of carbonyl (C=O) groups is 11. The fourth-order valence-electron chi connectivity index (χ4n) is 6.63. The van der Waals surface area contributed by atoms with E-state index in [0.717, 1.165) is 82.5 Å². The van der Waals surface area contributed by atoms with Crippen molar-refractivity contribution in [2.75, 3.05) is 0 Å². The van der Waals surface area contributed by atoms with Crippen molar-refractivity contribution in [3.05, 3.63) is 129 Å². The molecule has 0 aromatic heterocycles. The molecule has 0 saturated carbocycles. The molecule has 80 heavy (non-hydrogen) atoms. The highest BCUT2D eigenvalue weighted by atomic mass is 35.5. The molecule has 0 fully saturated rings. The summed E-state index contributed by atoms with van der Waals surface area (Å²) in [6.07, 6.45) is 5.54. The third-order valence-electron chi connectivity index (χ3n) is 9.01. The van der Waals surface area contributed by atoms with Crippen LogP contribution in [0.15, 0.2) is 79.4 Å². The van der Waals surface area contributed by atoms with Gasteiger partial charge in [-0.05, 0) is 92.4 Å². The van der Waals surface area contributed by atoms with E-state index in [2.05, 4.69) is 44.7 Å². The number of aromatic carboxylic acids is 1. The SMILES string of the molecule is C=Cc1cc(C)cc(C)c1.CC(=O)Oc1cc(/C=C/c2cc(C)cc(C)c2)cc(OC(C)=O)c1OC(C)=O.CC(=O)Oc1cc(C(=O)Cl)cc(OC(C)=O)c1OC(C)=O.CC(=O)Oc1cc(C(=O)O)cc(OC(C)=O)c1OC(C)=O. The zero-order valence-electron chi connectivity index (χ0n) is 45.9. The van der Waals surface area contributed by atoms with E-state index in [0.29, 0.717) is 5.56 Å². The molecule has 0 radical (unpaired) electrons. The van der Waals surface area contributed by atoms with Crippen LogP contribution in [0.5, 0.6) is 51.7 Å². The van der Waals surface area contributed by atoms with Gasteiger partial charge in [-0.2, -0.15) is 0 Å². The van der Waals surface area contributed by atoms with Gasteiger partial charge < -0.3 is 47.7 Å². The third-order valence-corrected chi connectivity index (χ3v) is 9.23. The fraction of sp³-hybridized carbons (Fsp3) is 0.224. The summed E-state index contributed by atoms with van der Waals surface area (Å²) in [6, 6.07) is 19.8. The smallest absolute Gasteiger partial charge is 0.335 e. The molecule has 5 aromatic carbocycles. The second kappa shape index (κ2) is 31.5. The molecule has 0 aliphatic carbocycles. The Labute approximate surface area is 464 Å². The van der Waals surface area contributed by atoms with Gasteiger partial charge in [0.25, 0.3) is 5.24 Å². The van der Waals surface area contributed by atoms with Gasteiger partial charge in [-0.3, -0.25) is 47.9 Å². The number of benzene rings is 5. The largest absolute Gasteiger partial charge is 0.478 e. The van der Waals surface area contributed by atoms with Gasteiger partial charge in [0, 0.05) is 67.9 Å². The van der Waals surface area contributed by atoms with Gasteiger partial charge in [0.05, 0.1) is 5.56 Å². The van der Waals surface area contributed by atoms with Gasteiger partial charge in [-0.25, -0.2) is 4.79 Å². The van der Waals surface area contributed by atoms with Crippen molar-refractivity contribution in [1.82, 2.24) is 0 Å². The van der Waals surface area contributed by atoms with Crippen LogP contribution in [0.3, 0.4) is 0 Å². The first-order valence-electron chi connectivity index (χ1n) is 23.4. The zero-order valence-corrected chi connectivity index (χ0v) is 46.6. The summed E-state index contributed by atoms with van der Waals surface area (Å²) >= 11 is 5.35. The summed E-state index contributed by atoms with van der Waals surface area (Å²) in [7, 11) is 0. The maximum atomic E-state index is 11.5. The van der Waals surface area contributed by atoms with Gasteiger partial charge >= 0.3 is 59.7 Å². The standard InChI is InChI=1S/C22H22O6.C13H11ClO7.C13H12O8.C10H12/c1-13-8-14(2)10-18(9-13)6-7-19-11-20(26-15(3)23)22(28-17(5)25)21(12-19)27-16(4)24;1-6(15)19-10-4-9(13(14)18)5-11(20-7(2)16)12(10)21-8(3)17;1-6(14)19-10-4-9(13(17)18)5-11(20-7(2)15)12(10)21-8(3)16;1-4-10-6-8(2)5-9(3)7-10/h6-12H,1-5H3;4-5H,1-3H3;4-5H,1-3H3,(H,17,18);4-7H,1H2,2-3H3/b7-6+;;;. The summed E-state index contributed by atoms with van der Waals surface area (Å²) in [4.78, 5) is 123. The molecule has 22 heteroatoms. The number of carboxylic acids is 1. The minimum atomic E-state index is -1.34. The van der Waals surface area contributed by atoms with Gasteiger partial charge in [-0.1, -0.05) is 83.5 Å². The molecule has 0 aliphatic heterocycles. The quantitative estimate of drug-likeness (QED) is 0.0468. The normalized spacial score (nSPS) is 9.97. The minimum absolute atomic E-state index is 0.0125. The number of hydrogen-bond donors (Lipinski definition) is 1. The number of rotatable bonds is 14. The molecule has 0 aliphatic rings. The molecule has 0 amide bonds. The molecule has 5 aromatic rings. The molecule has 0 heterocycles. The number of carbonyl (C=O) groups excluding carboxylic acids is 10. The summed E-state index contributed by atoms with van der Waals surface area (Å²) in [5.74, 6) is -9.66. The lowest BCUT2D eigenvalue weighted by Crippen LogP contribution is -2.12. The molecular formula is C58H57ClO21. The first-order chi connectivity index (χ1) is 37.3. The van der Waals surface area contributed by atoms with Gasteiger partial charge in [0.2, 0.25) is 17.2 Å². The summed E-state index contributed by atoms with van der Waals surface area (Å²) in [5, 5.41) is 8.12. The Morgan fingerprint density at radius 3 is 0.800 bits per heavy atom. The molecule has 422 valence electrons. The minimum Gasteiger partial charge on any atom is -0.478 e. The predicted molar refractivity (Wildman–Crippen MR) is 289 cm³/mol. The average molecular weight is 1130 g/mol. The highest BCUT2D eigenvalue weighted by molar-refractivity contribution is 6.67. The first kappa shape index (κ1) is 66.4. The van der Waals surface area contributed by atoms with E-state index < -0.39 is 64.9 Å². The lowest BCUT2D eigenvalue weighted by Gasteiger charge is -2.14. The van der Waals surface area contributed by atoms with Crippen LogP contribution in [0.2, 0.25) is 0 Å². The second-order valence-corrected chi connectivity index (χ2v) is 17.1. The topological polar surface area (TPSA) is 291 Å². The highest BCUT2D eigenvalue weighted by Gasteiger charge is 2.24. The summed E-state index contributed by atoms with van der Waals surface area (Å²) in [6.45, 7) is 22.1. The molecule has 21 nitrogen and oxygen atoms in total. The van der Waals surface area contributed by atoms with Gasteiger partial charge in [-0.15, -0.1) is 0 Å². The maximum Gasteiger partial charge on any atom is 0.335 e. The van der Waals surface area contributed by atoms with Gasteiger partial charge in [0.1, 0.15) is 0 Å². The Kier molecular flexibility index (Phi) is 26.1. The number of hydrogen-bond acceptors (Lipinski definition) is 20. The van der Waals surface area contributed by atoms with E-state index in [-0.39, 0.29) is 62.9 Å². The number of esters is 9. The van der Waals surface area contributed by atoms with Crippen molar-refractivity contribution in [1.29, 1.82) is 0 Å². The number of halogens is 1. The molecule has 0 saturated heterocycles. The van der Waals surface area contributed by atoms with E-state index in [1.54, 1.807) is 6.08 Å². The van der Waals surface area contributed by atoms with E-state index in [4.69, 9.17) is 59.3 Å². The lowest BCUT2D eigenvalue weighted by molar-refractivity contribution is -0.135. The Morgan fingerprint density at radius 1 is 0.350 bits per heavy atom. The van der Waals surface area contributed by atoms with Crippen molar-refractivity contribution in [2.24, 2.45) is 0 Å². The van der Waals surface area contributed by atoms with E-state index in [1.807, 2.05) is 38.1 Å². The van der Waals surface area contributed by atoms with Gasteiger partial charge in [0.15, 0.2) is 34.5 Å². The second-order valence-electron chi connectivity index (χ2n) is 16.8. The van der Waals surface area contributed by atoms with E-state index in [9.17, 15) is 52.7 Å². The third kappa shape index (κ3) is 24.1. The predicted octanol–water partition coefficient (Wildman–Crippen LogP) is 10.2. The zero-order chi connectivity index (χ0) is 60.7. The molecule has 0 bridgehead atoms. The van der Waals surface area contributed by atoms with Crippen molar-refractivity contribution >= 4 is 94.8 Å². The van der Waals surface area contributed by atoms with Crippen LogP contribution in [-0.2, 0) is 43.2 Å². The van der Waals surface area contributed by atoms with Crippen molar-refractivity contribution in [3.8, 4) is 51.7 Å². The lowest BCUT2D eigenvalue weighted by atomic mass is 10.1. The maximum absolute atomic E-state index is 11.5. The van der Waals surface area contributed by atoms with Crippen LogP contribution < -0.4 is 42.6 Å². The van der Waals surface area contributed by atoms with Crippen LogP contribution in [0.25, 0.3) is 18.2 Å². The number of carboxylic acid groups (broad SMARTS) is 1. The Bertz CT molecular complexity index is 3010. The van der Waals surface area contributed by atoms with Crippen molar-refractivity contribution in [2.45, 2.75) is 90.0 Å². The van der Waals surface area contributed by atoms with Crippen LogP contribution in [0, 0.1) is 27.7 Å². The average Bonchev–Trinajstić information content (AvgIpc) is 3.29. The van der Waals surface area contributed by atoms with E-state index >= 15 is 0 Å². The Hall–Kier alpha value is -9.76. The molecule has 1 N–H and O–H groups in total. The Balaban J connectivity index is 0.000000381. The number of ether oxygens (including phenoxy) is 9. The summed E-state index contributed by atoms with van der Waals surface area (Å²) in [5.41, 5.74) is 7.25. The van der Waals surface area contributed by atoms with Crippen LogP contribution in [0.4, 0.5) is 0 Å². The first-order valence-corrected chi connectivity index (χ1v) is 23.7. The van der Waals surface area contributed by atoms with Crippen LogP contribution in [-0.4, -0.2) is 70.0 Å². The summed E-state index contributed by atoms with van der Waals surface area (Å²) < 4.78 is 44.4. The monoisotopic (exact) mass is 1120 g/mol. The molecule has 5 rings (SSSR count). The molecule has 0 spiro atoms. The Morgan fingerprint density at radius 2 is 0.575 bits per heavy atom.